The van der Waals surface area contributed by atoms with Gasteiger partial charge in [0.2, 0.25) is 0 Å². The molecule has 0 aromatic heterocycles. The first-order valence-corrected chi connectivity index (χ1v) is 5.77. The van der Waals surface area contributed by atoms with E-state index in [9.17, 15) is 0 Å². The Labute approximate surface area is 97.2 Å². The monoisotopic (exact) mass is 220 g/mol. The van der Waals surface area contributed by atoms with E-state index in [4.69, 9.17) is 10.5 Å². The molecule has 1 atom stereocenters. The maximum atomic E-state index is 5.88. The predicted molar refractivity (Wildman–Crippen MR) is 65.8 cm³/mol. The topological polar surface area (TPSA) is 38.5 Å². The van der Waals surface area contributed by atoms with Gasteiger partial charge in [0, 0.05) is 19.0 Å². The lowest BCUT2D eigenvalue weighted by molar-refractivity contribution is 0.112. The van der Waals surface area contributed by atoms with E-state index in [-0.39, 0.29) is 0 Å². The number of hydrogen-bond acceptors (Lipinski definition) is 3. The lowest BCUT2D eigenvalue weighted by Gasteiger charge is -2.41. The van der Waals surface area contributed by atoms with E-state index >= 15 is 0 Å². The lowest BCUT2D eigenvalue weighted by atomic mass is 9.81. The van der Waals surface area contributed by atoms with Gasteiger partial charge in [0.15, 0.2) is 0 Å². The number of nitrogens with two attached hydrogens (primary N) is 1. The second-order valence-corrected chi connectivity index (χ2v) is 4.60. The van der Waals surface area contributed by atoms with Crippen LogP contribution in [0, 0.1) is 5.92 Å². The van der Waals surface area contributed by atoms with Crippen LogP contribution >= 0.6 is 0 Å². The van der Waals surface area contributed by atoms with E-state index < -0.39 is 0 Å². The van der Waals surface area contributed by atoms with Gasteiger partial charge in [0.25, 0.3) is 0 Å². The van der Waals surface area contributed by atoms with Gasteiger partial charge in [0.05, 0.1) is 7.11 Å². The number of benzene rings is 1. The first-order valence-electron chi connectivity index (χ1n) is 5.77. The molecule has 1 unspecified atom stereocenters. The molecular weight excluding hydrogens is 200 g/mol. The maximum Gasteiger partial charge on any atom is 0.118 e. The van der Waals surface area contributed by atoms with E-state index in [1.807, 2.05) is 12.1 Å². The largest absolute Gasteiger partial charge is 0.497 e. The molecule has 3 nitrogen and oxygen atoms in total. The van der Waals surface area contributed by atoms with Crippen molar-refractivity contribution in [2.45, 2.75) is 5.92 Å². The Bertz CT molecular complexity index is 330. The van der Waals surface area contributed by atoms with Gasteiger partial charge in [-0.15, -0.1) is 0 Å². The van der Waals surface area contributed by atoms with Crippen LogP contribution in [0.4, 0.5) is 0 Å². The predicted octanol–water partition coefficient (Wildman–Crippen LogP) is 1.30. The van der Waals surface area contributed by atoms with Crippen LogP contribution in [0.3, 0.4) is 0 Å². The SMILES string of the molecule is COc1ccc(C(CN)C2CN(C)C2)cc1. The molecule has 0 aliphatic carbocycles. The quantitative estimate of drug-likeness (QED) is 0.831. The Balaban J connectivity index is 2.07. The van der Waals surface area contributed by atoms with Crippen LogP contribution in [0.2, 0.25) is 0 Å². The summed E-state index contributed by atoms with van der Waals surface area (Å²) in [6, 6.07) is 8.30. The Morgan fingerprint density at radius 1 is 1.38 bits per heavy atom. The van der Waals surface area contributed by atoms with Gasteiger partial charge in [-0.1, -0.05) is 12.1 Å². The first kappa shape index (κ1) is 11.4. The smallest absolute Gasteiger partial charge is 0.118 e. The second-order valence-electron chi connectivity index (χ2n) is 4.60. The third-order valence-corrected chi connectivity index (χ3v) is 3.46. The van der Waals surface area contributed by atoms with Crippen molar-refractivity contribution in [2.75, 3.05) is 33.8 Å². The number of likely N-dealkylation sites (tertiary alicyclic amines) is 1. The van der Waals surface area contributed by atoms with E-state index in [1.165, 1.54) is 5.56 Å². The third kappa shape index (κ3) is 2.20. The van der Waals surface area contributed by atoms with Crippen molar-refractivity contribution in [3.8, 4) is 5.75 Å². The van der Waals surface area contributed by atoms with Gasteiger partial charge in [-0.3, -0.25) is 0 Å². The molecule has 88 valence electrons. The molecule has 16 heavy (non-hydrogen) atoms. The number of ether oxygens (including phenoxy) is 1. The van der Waals surface area contributed by atoms with Crippen molar-refractivity contribution in [1.29, 1.82) is 0 Å². The molecule has 1 aromatic carbocycles. The fourth-order valence-corrected chi connectivity index (χ4v) is 2.45. The van der Waals surface area contributed by atoms with Crippen molar-refractivity contribution in [1.82, 2.24) is 4.90 Å². The normalized spacial score (nSPS) is 19.2. The highest BCUT2D eigenvalue weighted by Gasteiger charge is 2.31. The minimum atomic E-state index is 0.488. The van der Waals surface area contributed by atoms with Crippen molar-refractivity contribution in [3.05, 3.63) is 29.8 Å². The number of hydrogen-bond donors (Lipinski definition) is 1. The Kier molecular flexibility index (Phi) is 3.46. The first-order chi connectivity index (χ1) is 7.74. The molecule has 0 saturated carbocycles. The van der Waals surface area contributed by atoms with Crippen LogP contribution in [0.5, 0.6) is 5.75 Å². The lowest BCUT2D eigenvalue weighted by Crippen LogP contribution is -2.48. The molecule has 2 rings (SSSR count). The molecule has 1 aliphatic rings. The van der Waals surface area contributed by atoms with Crippen LogP contribution < -0.4 is 10.5 Å². The number of nitrogens with zero attached hydrogens (tertiary/aromatic N) is 1. The van der Waals surface area contributed by atoms with Crippen LogP contribution in [-0.4, -0.2) is 38.7 Å². The zero-order valence-corrected chi connectivity index (χ0v) is 10.0. The van der Waals surface area contributed by atoms with Crippen LogP contribution in [0.25, 0.3) is 0 Å². The fourth-order valence-electron chi connectivity index (χ4n) is 2.45. The van der Waals surface area contributed by atoms with Crippen molar-refractivity contribution >= 4 is 0 Å². The highest BCUT2D eigenvalue weighted by molar-refractivity contribution is 5.30. The summed E-state index contributed by atoms with van der Waals surface area (Å²) >= 11 is 0. The summed E-state index contributed by atoms with van der Waals surface area (Å²) in [5, 5.41) is 0. The third-order valence-electron chi connectivity index (χ3n) is 3.46. The molecule has 1 fully saturated rings. The van der Waals surface area contributed by atoms with Gasteiger partial charge >= 0.3 is 0 Å². The summed E-state index contributed by atoms with van der Waals surface area (Å²) in [4.78, 5) is 2.33. The average molecular weight is 220 g/mol. The molecule has 1 aromatic rings. The Morgan fingerprint density at radius 3 is 2.44 bits per heavy atom. The molecule has 0 spiro atoms. The summed E-state index contributed by atoms with van der Waals surface area (Å²) in [5.41, 5.74) is 7.22. The Morgan fingerprint density at radius 2 is 2.00 bits per heavy atom. The minimum absolute atomic E-state index is 0.488. The zero-order valence-electron chi connectivity index (χ0n) is 10.0. The van der Waals surface area contributed by atoms with Gasteiger partial charge in [0.1, 0.15) is 5.75 Å². The van der Waals surface area contributed by atoms with Gasteiger partial charge in [-0.2, -0.15) is 0 Å². The zero-order chi connectivity index (χ0) is 11.5. The maximum absolute atomic E-state index is 5.88. The summed E-state index contributed by atoms with van der Waals surface area (Å²) in [5.74, 6) is 2.11. The van der Waals surface area contributed by atoms with Crippen LogP contribution in [0.1, 0.15) is 11.5 Å². The second kappa shape index (κ2) is 4.85. The van der Waals surface area contributed by atoms with Gasteiger partial charge < -0.3 is 15.4 Å². The van der Waals surface area contributed by atoms with Crippen molar-refractivity contribution in [2.24, 2.45) is 11.7 Å². The molecule has 1 aliphatic heterocycles. The van der Waals surface area contributed by atoms with E-state index in [0.29, 0.717) is 11.8 Å². The van der Waals surface area contributed by atoms with Crippen LogP contribution in [-0.2, 0) is 0 Å². The molecule has 2 N–H and O–H groups in total. The van der Waals surface area contributed by atoms with E-state index in [2.05, 4.69) is 24.1 Å². The molecular formula is C13H20N2O. The standard InChI is InChI=1S/C13H20N2O/c1-15-8-11(9-15)13(7-14)10-3-5-12(16-2)6-4-10/h3-6,11,13H,7-9,14H2,1-2H3. The average Bonchev–Trinajstić information content (AvgIpc) is 2.28. The van der Waals surface area contributed by atoms with E-state index in [1.54, 1.807) is 7.11 Å². The fraction of sp³-hybridized carbons (Fsp3) is 0.538. The summed E-state index contributed by atoms with van der Waals surface area (Å²) < 4.78 is 5.16. The molecule has 0 bridgehead atoms. The van der Waals surface area contributed by atoms with Crippen molar-refractivity contribution < 1.29 is 4.74 Å². The number of methoxy groups -OCH3 is 1. The molecule has 1 saturated heterocycles. The Hall–Kier alpha value is -1.06. The van der Waals surface area contributed by atoms with Gasteiger partial charge in [-0.25, -0.2) is 0 Å². The highest BCUT2D eigenvalue weighted by Crippen LogP contribution is 2.31. The van der Waals surface area contributed by atoms with Crippen LogP contribution in [0.15, 0.2) is 24.3 Å². The van der Waals surface area contributed by atoms with E-state index in [0.717, 1.165) is 25.4 Å². The number of rotatable bonds is 4. The molecule has 3 heteroatoms. The molecule has 0 radical (unpaired) electrons. The highest BCUT2D eigenvalue weighted by atomic mass is 16.5. The van der Waals surface area contributed by atoms with Gasteiger partial charge in [-0.05, 0) is 37.2 Å². The summed E-state index contributed by atoms with van der Waals surface area (Å²) in [6.07, 6.45) is 0. The minimum Gasteiger partial charge on any atom is -0.497 e. The summed E-state index contributed by atoms with van der Waals surface area (Å²) in [7, 11) is 3.84. The molecule has 0 amide bonds. The summed E-state index contributed by atoms with van der Waals surface area (Å²) in [6.45, 7) is 3.05. The van der Waals surface area contributed by atoms with Crippen molar-refractivity contribution in [3.63, 3.8) is 0 Å². The molecule has 1 heterocycles.